The molecule has 106 valence electrons. The van der Waals surface area contributed by atoms with Crippen LogP contribution in [0.1, 0.15) is 16.7 Å². The SMILES string of the molecule is Cc1ccc(CC(CBr)Cc2cccc(Cl)c2)c(Cl)c1. The first-order valence-electron chi connectivity index (χ1n) is 6.64. The fourth-order valence-electron chi connectivity index (χ4n) is 2.31. The Hall–Kier alpha value is -0.500. The van der Waals surface area contributed by atoms with Gasteiger partial charge >= 0.3 is 0 Å². The van der Waals surface area contributed by atoms with Gasteiger partial charge in [-0.1, -0.05) is 63.4 Å². The third-order valence-corrected chi connectivity index (χ3v) is 4.85. The highest BCUT2D eigenvalue weighted by Crippen LogP contribution is 2.24. The maximum absolute atomic E-state index is 6.32. The van der Waals surface area contributed by atoms with Crippen LogP contribution in [0.15, 0.2) is 42.5 Å². The summed E-state index contributed by atoms with van der Waals surface area (Å²) in [5, 5.41) is 2.61. The van der Waals surface area contributed by atoms with E-state index in [1.165, 1.54) is 16.7 Å². The molecule has 0 spiro atoms. The maximum atomic E-state index is 6.32. The fourth-order valence-corrected chi connectivity index (χ4v) is 3.29. The van der Waals surface area contributed by atoms with Crippen LogP contribution >= 0.6 is 39.1 Å². The number of halogens is 3. The second-order valence-electron chi connectivity index (χ2n) is 5.15. The third kappa shape index (κ3) is 4.51. The molecule has 0 N–H and O–H groups in total. The average molecular weight is 372 g/mol. The van der Waals surface area contributed by atoms with Gasteiger partial charge in [0.25, 0.3) is 0 Å². The molecule has 20 heavy (non-hydrogen) atoms. The Kier molecular flexibility index (Phi) is 5.95. The molecule has 0 bridgehead atoms. The number of aryl methyl sites for hydroxylation is 1. The molecule has 0 fully saturated rings. The summed E-state index contributed by atoms with van der Waals surface area (Å²) in [6, 6.07) is 14.3. The first-order valence-corrected chi connectivity index (χ1v) is 8.51. The average Bonchev–Trinajstić information content (AvgIpc) is 2.41. The van der Waals surface area contributed by atoms with Crippen LogP contribution in [-0.2, 0) is 12.8 Å². The predicted molar refractivity (Wildman–Crippen MR) is 92.3 cm³/mol. The van der Waals surface area contributed by atoms with Crippen molar-refractivity contribution < 1.29 is 0 Å². The highest BCUT2D eigenvalue weighted by atomic mass is 79.9. The molecule has 0 aromatic heterocycles. The molecule has 2 rings (SSSR count). The van der Waals surface area contributed by atoms with E-state index < -0.39 is 0 Å². The second-order valence-corrected chi connectivity index (χ2v) is 6.64. The second kappa shape index (κ2) is 7.49. The summed E-state index contributed by atoms with van der Waals surface area (Å²) in [7, 11) is 0. The van der Waals surface area contributed by atoms with E-state index in [2.05, 4.69) is 41.1 Å². The maximum Gasteiger partial charge on any atom is 0.0440 e. The van der Waals surface area contributed by atoms with Gasteiger partial charge in [-0.15, -0.1) is 0 Å². The van der Waals surface area contributed by atoms with Crippen molar-refractivity contribution in [3.8, 4) is 0 Å². The van der Waals surface area contributed by atoms with E-state index in [0.29, 0.717) is 5.92 Å². The van der Waals surface area contributed by atoms with E-state index >= 15 is 0 Å². The van der Waals surface area contributed by atoms with Gasteiger partial charge in [-0.25, -0.2) is 0 Å². The molecule has 2 aromatic carbocycles. The monoisotopic (exact) mass is 370 g/mol. The Labute approximate surface area is 139 Å². The van der Waals surface area contributed by atoms with E-state index in [1.54, 1.807) is 0 Å². The van der Waals surface area contributed by atoms with Crippen LogP contribution < -0.4 is 0 Å². The highest BCUT2D eigenvalue weighted by Gasteiger charge is 2.12. The van der Waals surface area contributed by atoms with Gasteiger partial charge in [-0.3, -0.25) is 0 Å². The molecule has 0 saturated heterocycles. The van der Waals surface area contributed by atoms with Gasteiger partial charge in [0.2, 0.25) is 0 Å². The zero-order chi connectivity index (χ0) is 14.5. The van der Waals surface area contributed by atoms with Gasteiger partial charge in [-0.05, 0) is 60.6 Å². The van der Waals surface area contributed by atoms with Gasteiger partial charge < -0.3 is 0 Å². The van der Waals surface area contributed by atoms with Gasteiger partial charge in [0, 0.05) is 15.4 Å². The number of alkyl halides is 1. The molecule has 0 radical (unpaired) electrons. The number of hydrogen-bond acceptors (Lipinski definition) is 0. The molecule has 1 unspecified atom stereocenters. The Morgan fingerprint density at radius 1 is 1.05 bits per heavy atom. The summed E-state index contributed by atoms with van der Waals surface area (Å²) < 4.78 is 0. The lowest BCUT2D eigenvalue weighted by atomic mass is 9.94. The lowest BCUT2D eigenvalue weighted by Gasteiger charge is -2.15. The zero-order valence-electron chi connectivity index (χ0n) is 11.4. The normalized spacial score (nSPS) is 12.4. The summed E-state index contributed by atoms with van der Waals surface area (Å²) in [4.78, 5) is 0. The molecule has 0 aliphatic carbocycles. The largest absolute Gasteiger partial charge is 0.0925 e. The van der Waals surface area contributed by atoms with Crippen molar-refractivity contribution in [3.63, 3.8) is 0 Å². The molecular formula is C17H17BrCl2. The third-order valence-electron chi connectivity index (χ3n) is 3.35. The van der Waals surface area contributed by atoms with Crippen molar-refractivity contribution in [2.45, 2.75) is 19.8 Å². The summed E-state index contributed by atoms with van der Waals surface area (Å²) in [6.07, 6.45) is 1.97. The fraction of sp³-hybridized carbons (Fsp3) is 0.294. The minimum absolute atomic E-state index is 0.508. The molecule has 0 heterocycles. The number of hydrogen-bond donors (Lipinski definition) is 0. The molecule has 1 atom stereocenters. The molecule has 0 amide bonds. The Balaban J connectivity index is 2.09. The quantitative estimate of drug-likeness (QED) is 0.557. The summed E-state index contributed by atoms with van der Waals surface area (Å²) in [5.41, 5.74) is 3.68. The van der Waals surface area contributed by atoms with Crippen molar-refractivity contribution in [1.82, 2.24) is 0 Å². The van der Waals surface area contributed by atoms with Crippen LogP contribution in [0.3, 0.4) is 0 Å². The number of rotatable bonds is 5. The first kappa shape index (κ1) is 15.9. The molecule has 0 nitrogen and oxygen atoms in total. The van der Waals surface area contributed by atoms with Crippen molar-refractivity contribution in [3.05, 3.63) is 69.2 Å². The molecule has 2 aromatic rings. The lowest BCUT2D eigenvalue weighted by Crippen LogP contribution is -2.10. The predicted octanol–water partition coefficient (Wildman–Crippen LogP) is 6.10. The van der Waals surface area contributed by atoms with Gasteiger partial charge in [0.05, 0.1) is 0 Å². The standard InChI is InChI=1S/C17H17BrCl2/c1-12-5-6-15(17(20)7-12)9-14(11-18)8-13-3-2-4-16(19)10-13/h2-7,10,14H,8-9,11H2,1H3. The van der Waals surface area contributed by atoms with E-state index in [0.717, 1.165) is 28.2 Å². The van der Waals surface area contributed by atoms with Crippen LogP contribution in [0.2, 0.25) is 10.0 Å². The highest BCUT2D eigenvalue weighted by molar-refractivity contribution is 9.09. The minimum atomic E-state index is 0.508. The Morgan fingerprint density at radius 2 is 1.85 bits per heavy atom. The van der Waals surface area contributed by atoms with Crippen molar-refractivity contribution >= 4 is 39.1 Å². The van der Waals surface area contributed by atoms with E-state index in [4.69, 9.17) is 23.2 Å². The van der Waals surface area contributed by atoms with E-state index in [9.17, 15) is 0 Å². The topological polar surface area (TPSA) is 0 Å². The van der Waals surface area contributed by atoms with E-state index in [-0.39, 0.29) is 0 Å². The molecule has 0 aliphatic heterocycles. The smallest absolute Gasteiger partial charge is 0.0440 e. The van der Waals surface area contributed by atoms with E-state index in [1.807, 2.05) is 24.3 Å². The Morgan fingerprint density at radius 3 is 2.50 bits per heavy atom. The van der Waals surface area contributed by atoms with Crippen LogP contribution in [0.4, 0.5) is 0 Å². The summed E-state index contributed by atoms with van der Waals surface area (Å²) >= 11 is 16.0. The van der Waals surface area contributed by atoms with Crippen LogP contribution in [0, 0.1) is 12.8 Å². The minimum Gasteiger partial charge on any atom is -0.0925 e. The summed E-state index contributed by atoms with van der Waals surface area (Å²) in [5.74, 6) is 0.508. The van der Waals surface area contributed by atoms with Crippen LogP contribution in [-0.4, -0.2) is 5.33 Å². The Bertz CT molecular complexity index is 581. The first-order chi connectivity index (χ1) is 9.58. The molecule has 0 aliphatic rings. The molecular weight excluding hydrogens is 355 g/mol. The van der Waals surface area contributed by atoms with Gasteiger partial charge in [0.1, 0.15) is 0 Å². The molecule has 3 heteroatoms. The van der Waals surface area contributed by atoms with Crippen LogP contribution in [0.5, 0.6) is 0 Å². The van der Waals surface area contributed by atoms with Crippen molar-refractivity contribution in [2.75, 3.05) is 5.33 Å². The van der Waals surface area contributed by atoms with Gasteiger partial charge in [0.15, 0.2) is 0 Å². The van der Waals surface area contributed by atoms with Crippen molar-refractivity contribution in [1.29, 1.82) is 0 Å². The van der Waals surface area contributed by atoms with Gasteiger partial charge in [-0.2, -0.15) is 0 Å². The zero-order valence-corrected chi connectivity index (χ0v) is 14.5. The molecule has 0 saturated carbocycles. The van der Waals surface area contributed by atoms with Crippen LogP contribution in [0.25, 0.3) is 0 Å². The number of benzene rings is 2. The lowest BCUT2D eigenvalue weighted by molar-refractivity contribution is 0.591. The summed E-state index contributed by atoms with van der Waals surface area (Å²) in [6.45, 7) is 2.06. The van der Waals surface area contributed by atoms with Crippen molar-refractivity contribution in [2.24, 2.45) is 5.92 Å².